The van der Waals surface area contributed by atoms with Crippen LogP contribution < -0.4 is 10.1 Å². The lowest BCUT2D eigenvalue weighted by Crippen LogP contribution is -2.00. The van der Waals surface area contributed by atoms with Crippen molar-refractivity contribution < 1.29 is 9.26 Å². The first-order valence-corrected chi connectivity index (χ1v) is 6.60. The van der Waals surface area contributed by atoms with Gasteiger partial charge in [0.2, 0.25) is 0 Å². The summed E-state index contributed by atoms with van der Waals surface area (Å²) in [6.45, 7) is 2.47. The van der Waals surface area contributed by atoms with Crippen LogP contribution in [0.1, 0.15) is 11.3 Å². The van der Waals surface area contributed by atoms with Crippen molar-refractivity contribution in [3.63, 3.8) is 0 Å². The molecule has 0 aliphatic heterocycles. The molecule has 0 saturated heterocycles. The van der Waals surface area contributed by atoms with Gasteiger partial charge in [0.25, 0.3) is 0 Å². The van der Waals surface area contributed by atoms with Gasteiger partial charge in [0.1, 0.15) is 11.5 Å². The Balaban J connectivity index is 1.76. The number of hydrogen-bond donors (Lipinski definition) is 2. The van der Waals surface area contributed by atoms with E-state index in [1.165, 1.54) is 0 Å². The summed E-state index contributed by atoms with van der Waals surface area (Å²) in [5.41, 5.74) is 3.09. The molecular weight excluding hydrogens is 268 g/mol. The van der Waals surface area contributed by atoms with E-state index in [9.17, 15) is 0 Å². The minimum absolute atomic E-state index is 0.615. The van der Waals surface area contributed by atoms with Crippen molar-refractivity contribution in [2.45, 2.75) is 13.5 Å². The Morgan fingerprint density at radius 2 is 2.10 bits per heavy atom. The van der Waals surface area contributed by atoms with Crippen LogP contribution in [0.3, 0.4) is 0 Å². The number of nitrogens with one attached hydrogen (secondary N) is 2. The highest BCUT2D eigenvalue weighted by molar-refractivity contribution is 5.63. The number of H-pyrrole nitrogens is 1. The summed E-state index contributed by atoms with van der Waals surface area (Å²) in [6.07, 6.45) is 1.81. The highest BCUT2D eigenvalue weighted by Crippen LogP contribution is 2.24. The van der Waals surface area contributed by atoms with E-state index in [0.29, 0.717) is 6.54 Å². The molecule has 0 bridgehead atoms. The van der Waals surface area contributed by atoms with Crippen molar-refractivity contribution >= 4 is 5.82 Å². The van der Waals surface area contributed by atoms with Gasteiger partial charge >= 0.3 is 0 Å². The Morgan fingerprint density at radius 3 is 2.76 bits per heavy atom. The van der Waals surface area contributed by atoms with Crippen LogP contribution in [0.4, 0.5) is 5.82 Å². The van der Waals surface area contributed by atoms with Crippen LogP contribution in [-0.4, -0.2) is 22.5 Å². The maximum Gasteiger partial charge on any atom is 0.169 e. The molecular formula is C15H16N4O2. The van der Waals surface area contributed by atoms with E-state index in [0.717, 1.165) is 34.1 Å². The highest BCUT2D eigenvalue weighted by Gasteiger charge is 2.09. The second kappa shape index (κ2) is 5.70. The molecule has 0 unspecified atom stereocenters. The first-order valence-electron chi connectivity index (χ1n) is 6.60. The summed E-state index contributed by atoms with van der Waals surface area (Å²) in [5.74, 6) is 2.32. The Hall–Kier alpha value is -2.76. The zero-order valence-corrected chi connectivity index (χ0v) is 11.9. The summed E-state index contributed by atoms with van der Waals surface area (Å²) in [6, 6.07) is 9.70. The van der Waals surface area contributed by atoms with Crippen LogP contribution in [0, 0.1) is 6.92 Å². The molecule has 6 nitrogen and oxygen atoms in total. The van der Waals surface area contributed by atoms with Gasteiger partial charge in [-0.2, -0.15) is 5.10 Å². The molecule has 1 aromatic carbocycles. The molecule has 0 aliphatic rings. The molecule has 108 valence electrons. The number of ether oxygens (including phenoxy) is 1. The smallest absolute Gasteiger partial charge is 0.169 e. The minimum atomic E-state index is 0.615. The molecule has 2 aromatic heterocycles. The first-order chi connectivity index (χ1) is 10.3. The van der Waals surface area contributed by atoms with Crippen molar-refractivity contribution in [3.8, 4) is 17.0 Å². The lowest BCUT2D eigenvalue weighted by Gasteiger charge is -2.05. The van der Waals surface area contributed by atoms with Crippen LogP contribution in [-0.2, 0) is 6.54 Å². The van der Waals surface area contributed by atoms with Gasteiger partial charge in [-0.25, -0.2) is 0 Å². The fourth-order valence-electron chi connectivity index (χ4n) is 2.09. The molecule has 0 saturated carbocycles. The molecule has 3 rings (SSSR count). The van der Waals surface area contributed by atoms with Gasteiger partial charge in [-0.1, -0.05) is 5.16 Å². The van der Waals surface area contributed by atoms with Crippen LogP contribution >= 0.6 is 0 Å². The average Bonchev–Trinajstić information content (AvgIpc) is 3.14. The monoisotopic (exact) mass is 284 g/mol. The fourth-order valence-corrected chi connectivity index (χ4v) is 2.09. The van der Waals surface area contributed by atoms with Crippen LogP contribution in [0.5, 0.6) is 5.75 Å². The Morgan fingerprint density at radius 1 is 1.29 bits per heavy atom. The average molecular weight is 284 g/mol. The predicted octanol–water partition coefficient (Wildman–Crippen LogP) is 2.99. The van der Waals surface area contributed by atoms with Crippen molar-refractivity contribution in [3.05, 3.63) is 47.9 Å². The Labute approximate surface area is 122 Å². The van der Waals surface area contributed by atoms with Crippen molar-refractivity contribution in [1.82, 2.24) is 15.4 Å². The molecule has 2 heterocycles. The van der Waals surface area contributed by atoms with E-state index in [-0.39, 0.29) is 0 Å². The SMILES string of the molecule is COc1ccc(-c2[nH]ncc2CNc2cc(C)on2)cc1. The first kappa shape index (κ1) is 13.2. The lowest BCUT2D eigenvalue weighted by atomic mass is 10.1. The molecule has 21 heavy (non-hydrogen) atoms. The van der Waals surface area contributed by atoms with Crippen LogP contribution in [0.25, 0.3) is 11.3 Å². The third-order valence-corrected chi connectivity index (χ3v) is 3.18. The summed E-state index contributed by atoms with van der Waals surface area (Å²) < 4.78 is 10.2. The van der Waals surface area contributed by atoms with E-state index >= 15 is 0 Å². The molecule has 3 aromatic rings. The zero-order valence-electron chi connectivity index (χ0n) is 11.9. The number of methoxy groups -OCH3 is 1. The number of aromatic nitrogens is 3. The third kappa shape index (κ3) is 2.89. The topological polar surface area (TPSA) is 76.0 Å². The second-order valence-electron chi connectivity index (χ2n) is 4.68. The van der Waals surface area contributed by atoms with Crippen LogP contribution in [0.2, 0.25) is 0 Å². The molecule has 2 N–H and O–H groups in total. The number of hydrogen-bond acceptors (Lipinski definition) is 5. The maximum atomic E-state index is 5.17. The van der Waals surface area contributed by atoms with Gasteiger partial charge in [0.05, 0.1) is 19.0 Å². The third-order valence-electron chi connectivity index (χ3n) is 3.18. The number of aromatic amines is 1. The molecule has 0 fully saturated rings. The number of rotatable bonds is 5. The fraction of sp³-hybridized carbons (Fsp3) is 0.200. The van der Waals surface area contributed by atoms with Crippen molar-refractivity contribution in [1.29, 1.82) is 0 Å². The van der Waals surface area contributed by atoms with Gasteiger partial charge in [0, 0.05) is 23.7 Å². The van der Waals surface area contributed by atoms with E-state index in [1.54, 1.807) is 13.3 Å². The van der Waals surface area contributed by atoms with Crippen LogP contribution in [0.15, 0.2) is 41.1 Å². The summed E-state index contributed by atoms with van der Waals surface area (Å²) in [7, 11) is 1.65. The van der Waals surface area contributed by atoms with E-state index in [1.807, 2.05) is 37.3 Å². The van der Waals surface area contributed by atoms with E-state index < -0.39 is 0 Å². The van der Waals surface area contributed by atoms with Crippen molar-refractivity contribution in [2.24, 2.45) is 0 Å². The van der Waals surface area contributed by atoms with Crippen molar-refractivity contribution in [2.75, 3.05) is 12.4 Å². The van der Waals surface area contributed by atoms with E-state index in [4.69, 9.17) is 9.26 Å². The standard InChI is InChI=1S/C15H16N4O2/c1-10-7-14(19-21-10)16-8-12-9-17-18-15(12)11-3-5-13(20-2)6-4-11/h3-7,9H,8H2,1-2H3,(H,16,19)(H,17,18). The molecule has 0 atom stereocenters. The van der Waals surface area contributed by atoms with Gasteiger partial charge in [0.15, 0.2) is 5.82 Å². The lowest BCUT2D eigenvalue weighted by molar-refractivity contribution is 0.399. The molecule has 6 heteroatoms. The maximum absolute atomic E-state index is 5.17. The molecule has 0 radical (unpaired) electrons. The minimum Gasteiger partial charge on any atom is -0.497 e. The zero-order chi connectivity index (χ0) is 14.7. The van der Waals surface area contributed by atoms with Gasteiger partial charge in [-0.3, -0.25) is 5.10 Å². The Kier molecular flexibility index (Phi) is 3.59. The number of nitrogens with zero attached hydrogens (tertiary/aromatic N) is 2. The summed E-state index contributed by atoms with van der Waals surface area (Å²) in [5, 5.41) is 14.3. The van der Waals surface area contributed by atoms with Gasteiger partial charge in [-0.15, -0.1) is 0 Å². The molecule has 0 spiro atoms. The summed E-state index contributed by atoms with van der Waals surface area (Å²) in [4.78, 5) is 0. The summed E-state index contributed by atoms with van der Waals surface area (Å²) >= 11 is 0. The highest BCUT2D eigenvalue weighted by atomic mass is 16.5. The van der Waals surface area contributed by atoms with Gasteiger partial charge in [-0.05, 0) is 31.2 Å². The van der Waals surface area contributed by atoms with E-state index in [2.05, 4.69) is 20.7 Å². The normalized spacial score (nSPS) is 10.6. The molecule has 0 aliphatic carbocycles. The Bertz CT molecular complexity index is 715. The number of aryl methyl sites for hydroxylation is 1. The van der Waals surface area contributed by atoms with Gasteiger partial charge < -0.3 is 14.6 Å². The number of benzene rings is 1. The quantitative estimate of drug-likeness (QED) is 0.753. The number of anilines is 1. The second-order valence-corrected chi connectivity index (χ2v) is 4.68. The largest absolute Gasteiger partial charge is 0.497 e. The predicted molar refractivity (Wildman–Crippen MR) is 79.1 cm³/mol. The molecule has 0 amide bonds.